The molecule has 0 spiro atoms. The van der Waals surface area contributed by atoms with Crippen LogP contribution >= 0.6 is 7.82 Å². The molecule has 0 saturated carbocycles. The number of hydrogen-bond donors (Lipinski definition) is 1. The number of likely N-dealkylation sites (N-methyl/N-ethyl adjacent to an activating group) is 1. The zero-order valence-electron chi connectivity index (χ0n) is 14.9. The van der Waals surface area contributed by atoms with E-state index < -0.39 is 7.82 Å². The van der Waals surface area contributed by atoms with Crippen molar-refractivity contribution in [2.75, 3.05) is 40.6 Å². The van der Waals surface area contributed by atoms with Gasteiger partial charge < -0.3 is 9.47 Å². The van der Waals surface area contributed by atoms with Gasteiger partial charge in [-0.1, -0.05) is 18.2 Å². The van der Waals surface area contributed by atoms with E-state index >= 15 is 0 Å². The molecule has 0 aliphatic carbocycles. The number of nitrogens with zero attached hydrogens (tertiary/aromatic N) is 1. The van der Waals surface area contributed by atoms with Crippen LogP contribution in [0.4, 0.5) is 0 Å². The van der Waals surface area contributed by atoms with E-state index in [-0.39, 0.29) is 6.73 Å². The maximum Gasteiger partial charge on any atom is 0.479 e. The normalized spacial score (nSPS) is 12.8. The lowest BCUT2D eigenvalue weighted by Crippen LogP contribution is -2.42. The number of benzene rings is 1. The summed E-state index contributed by atoms with van der Waals surface area (Å²) in [5.41, 5.74) is 2.42. The Labute approximate surface area is 143 Å². The van der Waals surface area contributed by atoms with Gasteiger partial charge in [-0.2, -0.15) is 0 Å². The third kappa shape index (κ3) is 5.16. The predicted molar refractivity (Wildman–Crippen MR) is 95.8 cm³/mol. The van der Waals surface area contributed by atoms with Gasteiger partial charge in [-0.05, 0) is 25.5 Å². The fraction of sp³-hybridized carbons (Fsp3) is 0.529. The summed E-state index contributed by atoms with van der Waals surface area (Å²) >= 11 is 0. The Morgan fingerprint density at radius 2 is 1.75 bits per heavy atom. The molecule has 0 aliphatic heterocycles. The van der Waals surface area contributed by atoms with E-state index in [0.29, 0.717) is 17.7 Å². The maximum absolute atomic E-state index is 12.4. The molecule has 1 heterocycles. The molecular weight excluding hydrogens is 327 g/mol. The second kappa shape index (κ2) is 8.28. The van der Waals surface area contributed by atoms with Gasteiger partial charge in [0.15, 0.2) is 6.73 Å². The quantitative estimate of drug-likeness (QED) is 0.398. The van der Waals surface area contributed by atoms with Crippen LogP contribution in [0, 0.1) is 0 Å². The summed E-state index contributed by atoms with van der Waals surface area (Å²) in [7, 11) is 0.617. The number of rotatable bonds is 10. The van der Waals surface area contributed by atoms with E-state index in [1.165, 1.54) is 10.9 Å². The first-order chi connectivity index (χ1) is 11.4. The van der Waals surface area contributed by atoms with Gasteiger partial charge in [0.25, 0.3) is 0 Å². The van der Waals surface area contributed by atoms with Crippen LogP contribution in [0.15, 0.2) is 30.5 Å². The van der Waals surface area contributed by atoms with Gasteiger partial charge in [-0.25, -0.2) is 9.09 Å². The Morgan fingerprint density at radius 3 is 2.42 bits per heavy atom. The van der Waals surface area contributed by atoms with Gasteiger partial charge in [0, 0.05) is 23.5 Å². The zero-order chi connectivity index (χ0) is 17.6. The van der Waals surface area contributed by atoms with Crippen molar-refractivity contribution >= 4 is 18.7 Å². The van der Waals surface area contributed by atoms with Crippen molar-refractivity contribution in [2.45, 2.75) is 20.3 Å². The van der Waals surface area contributed by atoms with Gasteiger partial charge in [0.1, 0.15) is 0 Å². The summed E-state index contributed by atoms with van der Waals surface area (Å²) in [5, 5.41) is 1.24. The fourth-order valence-electron chi connectivity index (χ4n) is 2.48. The molecule has 7 heteroatoms. The van der Waals surface area contributed by atoms with Crippen molar-refractivity contribution in [3.63, 3.8) is 0 Å². The minimum Gasteiger partial charge on any atom is -0.361 e. The molecule has 134 valence electrons. The lowest BCUT2D eigenvalue weighted by atomic mass is 10.1. The number of fused-ring (bicyclic) bond motifs is 1. The van der Waals surface area contributed by atoms with Crippen LogP contribution in [-0.4, -0.2) is 50.1 Å². The van der Waals surface area contributed by atoms with Gasteiger partial charge in [-0.3, -0.25) is 9.05 Å². The van der Waals surface area contributed by atoms with Crippen molar-refractivity contribution in [3.05, 3.63) is 36.0 Å². The lowest BCUT2D eigenvalue weighted by Gasteiger charge is -2.30. The Balaban J connectivity index is 1.94. The summed E-state index contributed by atoms with van der Waals surface area (Å²) < 4.78 is 28.8. The third-order valence-corrected chi connectivity index (χ3v) is 5.38. The highest BCUT2D eigenvalue weighted by Gasteiger charge is 2.29. The number of aromatic amines is 1. The van der Waals surface area contributed by atoms with Crippen LogP contribution in [0.5, 0.6) is 0 Å². The first-order valence-corrected chi connectivity index (χ1v) is 9.76. The molecule has 0 radical (unpaired) electrons. The van der Waals surface area contributed by atoms with Gasteiger partial charge >= 0.3 is 7.82 Å². The molecule has 1 N–H and O–H groups in total. The van der Waals surface area contributed by atoms with Crippen LogP contribution in [-0.2, 0) is 24.6 Å². The van der Waals surface area contributed by atoms with E-state index in [4.69, 9.17) is 13.6 Å². The SMILES string of the molecule is CCOP(=O)(OCC)OC[N+](C)(C)CCc1c[nH]c2ccccc12. The standard InChI is InChI=1S/C17H28N2O4P/c1-5-21-24(20,22-6-2)23-14-19(3,4)12-11-15-13-18-17-10-8-7-9-16(15)17/h7-10,13,18H,5-6,11-12,14H2,1-4H3/q+1. The van der Waals surface area contributed by atoms with Gasteiger partial charge in [-0.15, -0.1) is 0 Å². The number of H-pyrrole nitrogens is 1. The van der Waals surface area contributed by atoms with E-state index in [9.17, 15) is 4.57 Å². The summed E-state index contributed by atoms with van der Waals surface area (Å²) in [6, 6.07) is 8.26. The summed E-state index contributed by atoms with van der Waals surface area (Å²) in [4.78, 5) is 3.29. The fourth-order valence-corrected chi connectivity index (χ4v) is 3.79. The minimum atomic E-state index is -3.46. The predicted octanol–water partition coefficient (Wildman–Crippen LogP) is 3.94. The second-order valence-electron chi connectivity index (χ2n) is 6.31. The molecule has 0 saturated heterocycles. The first-order valence-electron chi connectivity index (χ1n) is 8.30. The Hall–Kier alpha value is -1.17. The van der Waals surface area contributed by atoms with Crippen molar-refractivity contribution < 1.29 is 22.6 Å². The monoisotopic (exact) mass is 355 g/mol. The highest BCUT2D eigenvalue weighted by atomic mass is 31.2. The maximum atomic E-state index is 12.4. The number of nitrogens with one attached hydrogen (secondary N) is 1. The van der Waals surface area contributed by atoms with Gasteiger partial charge in [0.05, 0.1) is 33.9 Å². The molecule has 2 aromatic rings. The Morgan fingerprint density at radius 1 is 1.08 bits per heavy atom. The highest BCUT2D eigenvalue weighted by Crippen LogP contribution is 2.49. The second-order valence-corrected chi connectivity index (χ2v) is 7.98. The van der Waals surface area contributed by atoms with E-state index in [2.05, 4.69) is 23.3 Å². The number of quaternary nitrogens is 1. The van der Waals surface area contributed by atoms with E-state index in [0.717, 1.165) is 18.5 Å². The smallest absolute Gasteiger partial charge is 0.361 e. The average molecular weight is 355 g/mol. The number of hydrogen-bond acceptors (Lipinski definition) is 4. The van der Waals surface area contributed by atoms with E-state index in [1.807, 2.05) is 26.2 Å². The van der Waals surface area contributed by atoms with Crippen molar-refractivity contribution in [1.29, 1.82) is 0 Å². The zero-order valence-corrected chi connectivity index (χ0v) is 15.8. The summed E-state index contributed by atoms with van der Waals surface area (Å²) in [5.74, 6) is 0. The topological polar surface area (TPSA) is 60.6 Å². The Kier molecular flexibility index (Phi) is 6.61. The molecule has 0 aliphatic rings. The molecule has 0 amide bonds. The number of aromatic nitrogens is 1. The molecule has 0 unspecified atom stereocenters. The molecular formula is C17H28N2O4P+. The van der Waals surface area contributed by atoms with Gasteiger partial charge in [0.2, 0.25) is 0 Å². The molecule has 1 aromatic carbocycles. The third-order valence-electron chi connectivity index (χ3n) is 3.80. The summed E-state index contributed by atoms with van der Waals surface area (Å²) in [6.07, 6.45) is 2.95. The number of phosphoric acid groups is 1. The summed E-state index contributed by atoms with van der Waals surface area (Å²) in [6.45, 7) is 5.23. The average Bonchev–Trinajstić information content (AvgIpc) is 2.95. The lowest BCUT2D eigenvalue weighted by molar-refractivity contribution is -0.906. The molecule has 0 bridgehead atoms. The van der Waals surface area contributed by atoms with Crippen LogP contribution < -0.4 is 0 Å². The number of phosphoric ester groups is 1. The molecule has 24 heavy (non-hydrogen) atoms. The van der Waals surface area contributed by atoms with Crippen LogP contribution in [0.3, 0.4) is 0 Å². The number of para-hydroxylation sites is 1. The molecule has 1 aromatic heterocycles. The minimum absolute atomic E-state index is 0.264. The largest absolute Gasteiger partial charge is 0.479 e. The van der Waals surface area contributed by atoms with Crippen LogP contribution in [0.25, 0.3) is 10.9 Å². The molecule has 6 nitrogen and oxygen atoms in total. The Bertz CT molecular complexity index is 689. The highest BCUT2D eigenvalue weighted by molar-refractivity contribution is 7.48. The van der Waals surface area contributed by atoms with E-state index in [1.54, 1.807) is 13.8 Å². The molecule has 0 fully saturated rings. The molecule has 2 rings (SSSR count). The first kappa shape index (κ1) is 19.2. The molecule has 0 atom stereocenters. The van der Waals surface area contributed by atoms with Crippen molar-refractivity contribution in [3.8, 4) is 0 Å². The van der Waals surface area contributed by atoms with Crippen molar-refractivity contribution in [1.82, 2.24) is 4.98 Å². The van der Waals surface area contributed by atoms with Crippen LogP contribution in [0.1, 0.15) is 19.4 Å². The van der Waals surface area contributed by atoms with Crippen LogP contribution in [0.2, 0.25) is 0 Å². The van der Waals surface area contributed by atoms with Crippen molar-refractivity contribution in [2.24, 2.45) is 0 Å².